The zero-order chi connectivity index (χ0) is 13.4. The SMILES string of the molecule is C.CC=C(C)C.CCC.CCCC(C)CCC. The largest absolute Gasteiger partial charge is 0.0890 e. The molecule has 0 aliphatic rings. The van der Waals surface area contributed by atoms with Gasteiger partial charge < -0.3 is 0 Å². The maximum atomic E-state index is 2.34. The van der Waals surface area contributed by atoms with Crippen LogP contribution in [-0.2, 0) is 0 Å². The summed E-state index contributed by atoms with van der Waals surface area (Å²) in [7, 11) is 0. The molecule has 0 aromatic rings. The molecular formula is C17H40. The van der Waals surface area contributed by atoms with Crippen molar-refractivity contribution in [1.82, 2.24) is 0 Å². The second kappa shape index (κ2) is 24.8. The predicted molar refractivity (Wildman–Crippen MR) is 86.8 cm³/mol. The van der Waals surface area contributed by atoms with Gasteiger partial charge in [0.2, 0.25) is 0 Å². The molecule has 0 fully saturated rings. The van der Waals surface area contributed by atoms with Gasteiger partial charge in [-0.1, -0.05) is 85.8 Å². The zero-order valence-corrected chi connectivity index (χ0v) is 13.2. The van der Waals surface area contributed by atoms with Crippen molar-refractivity contribution in [2.75, 3.05) is 0 Å². The Bertz CT molecular complexity index is 112. The molecule has 0 aromatic heterocycles. The van der Waals surface area contributed by atoms with Crippen LogP contribution in [0.1, 0.15) is 94.9 Å². The quantitative estimate of drug-likeness (QED) is 0.457. The molecule has 0 nitrogen and oxygen atoms in total. The van der Waals surface area contributed by atoms with Crippen molar-refractivity contribution in [3.63, 3.8) is 0 Å². The van der Waals surface area contributed by atoms with E-state index in [4.69, 9.17) is 0 Å². The highest BCUT2D eigenvalue weighted by atomic mass is 14.0. The van der Waals surface area contributed by atoms with Crippen molar-refractivity contribution < 1.29 is 0 Å². The van der Waals surface area contributed by atoms with E-state index in [1.54, 1.807) is 0 Å². The first-order valence-corrected chi connectivity index (χ1v) is 7.09. The number of rotatable bonds is 4. The minimum atomic E-state index is 0. The van der Waals surface area contributed by atoms with E-state index in [0.717, 1.165) is 5.92 Å². The van der Waals surface area contributed by atoms with E-state index in [1.165, 1.54) is 37.7 Å². The number of hydrogen-bond acceptors (Lipinski definition) is 0. The number of allylic oxidation sites excluding steroid dienone is 2. The van der Waals surface area contributed by atoms with Gasteiger partial charge >= 0.3 is 0 Å². The lowest BCUT2D eigenvalue weighted by Crippen LogP contribution is -1.91. The Kier molecular flexibility index (Phi) is 37.3. The van der Waals surface area contributed by atoms with Gasteiger partial charge in [0.05, 0.1) is 0 Å². The molecule has 0 N–H and O–H groups in total. The average Bonchev–Trinajstić information content (AvgIpc) is 2.20. The van der Waals surface area contributed by atoms with Crippen molar-refractivity contribution >= 4 is 0 Å². The van der Waals surface area contributed by atoms with Crippen molar-refractivity contribution in [3.05, 3.63) is 11.6 Å². The lowest BCUT2D eigenvalue weighted by atomic mass is 10.0. The fourth-order valence-electron chi connectivity index (χ4n) is 1.13. The summed E-state index contributed by atoms with van der Waals surface area (Å²) in [6.07, 6.45) is 8.85. The molecule has 0 saturated carbocycles. The molecule has 0 rings (SSSR count). The molecule has 0 bridgehead atoms. The Balaban J connectivity index is -0.0000000815. The van der Waals surface area contributed by atoms with E-state index < -0.39 is 0 Å². The van der Waals surface area contributed by atoms with Gasteiger partial charge in [0.25, 0.3) is 0 Å². The molecular weight excluding hydrogens is 204 g/mol. The van der Waals surface area contributed by atoms with Crippen LogP contribution in [0, 0.1) is 5.92 Å². The highest BCUT2D eigenvalue weighted by Gasteiger charge is 1.95. The van der Waals surface area contributed by atoms with E-state index in [2.05, 4.69) is 54.5 Å². The molecule has 0 spiro atoms. The maximum Gasteiger partial charge on any atom is -0.0442 e. The molecule has 0 aromatic carbocycles. The lowest BCUT2D eigenvalue weighted by molar-refractivity contribution is 0.480. The van der Waals surface area contributed by atoms with Crippen molar-refractivity contribution in [2.24, 2.45) is 5.92 Å². The molecule has 0 radical (unpaired) electrons. The molecule has 108 valence electrons. The molecule has 0 heterocycles. The summed E-state index contributed by atoms with van der Waals surface area (Å²) in [5.41, 5.74) is 1.38. The summed E-state index contributed by atoms with van der Waals surface area (Å²) in [5.74, 6) is 0.963. The third kappa shape index (κ3) is 49.6. The Morgan fingerprint density at radius 1 is 0.941 bits per heavy atom. The third-order valence-corrected chi connectivity index (χ3v) is 2.14. The third-order valence-electron chi connectivity index (χ3n) is 2.14. The monoisotopic (exact) mass is 244 g/mol. The smallest absolute Gasteiger partial charge is 0.0442 e. The van der Waals surface area contributed by atoms with Crippen LogP contribution in [0.3, 0.4) is 0 Å². The van der Waals surface area contributed by atoms with Crippen LogP contribution in [0.4, 0.5) is 0 Å². The summed E-state index contributed by atoms with van der Waals surface area (Å²) in [6, 6.07) is 0. The van der Waals surface area contributed by atoms with Crippen LogP contribution in [0.25, 0.3) is 0 Å². The van der Waals surface area contributed by atoms with Gasteiger partial charge in [-0.3, -0.25) is 0 Å². The fraction of sp³-hybridized carbons (Fsp3) is 0.882. The number of hydrogen-bond donors (Lipinski definition) is 0. The van der Waals surface area contributed by atoms with Crippen molar-refractivity contribution in [3.8, 4) is 0 Å². The second-order valence-corrected chi connectivity index (χ2v) is 4.76. The highest BCUT2D eigenvalue weighted by Crippen LogP contribution is 2.10. The van der Waals surface area contributed by atoms with Gasteiger partial charge in [0.15, 0.2) is 0 Å². The summed E-state index contributed by atoms with van der Waals surface area (Å²) < 4.78 is 0. The van der Waals surface area contributed by atoms with Gasteiger partial charge in [-0.2, -0.15) is 0 Å². The van der Waals surface area contributed by atoms with Crippen molar-refractivity contribution in [2.45, 2.75) is 94.9 Å². The Hall–Kier alpha value is -0.260. The lowest BCUT2D eigenvalue weighted by Gasteiger charge is -2.05. The molecule has 0 saturated heterocycles. The Morgan fingerprint density at radius 2 is 1.18 bits per heavy atom. The topological polar surface area (TPSA) is 0 Å². The second-order valence-electron chi connectivity index (χ2n) is 4.76. The van der Waals surface area contributed by atoms with E-state index >= 15 is 0 Å². The van der Waals surface area contributed by atoms with Crippen LogP contribution in [0.2, 0.25) is 0 Å². The standard InChI is InChI=1S/C8H18.C5H10.C3H8.CH4/c1-4-6-8(3)7-5-2;1-4-5(2)3;1-3-2;/h8H,4-7H2,1-3H3;4H,1-3H3;3H2,1-2H3;1H4. The van der Waals surface area contributed by atoms with Gasteiger partial charge in [-0.05, 0) is 26.7 Å². The highest BCUT2D eigenvalue weighted by molar-refractivity contribution is 4.88. The normalized spacial score (nSPS) is 8.06. The molecule has 0 aliphatic heterocycles. The van der Waals surface area contributed by atoms with E-state index in [1.807, 2.05) is 6.92 Å². The maximum absolute atomic E-state index is 2.34. The molecule has 17 heavy (non-hydrogen) atoms. The van der Waals surface area contributed by atoms with Crippen LogP contribution < -0.4 is 0 Å². The van der Waals surface area contributed by atoms with Gasteiger partial charge in [-0.25, -0.2) is 0 Å². The van der Waals surface area contributed by atoms with Gasteiger partial charge in [0.1, 0.15) is 0 Å². The molecule has 0 atom stereocenters. The van der Waals surface area contributed by atoms with Crippen LogP contribution in [-0.4, -0.2) is 0 Å². The fourth-order valence-corrected chi connectivity index (χ4v) is 1.13. The van der Waals surface area contributed by atoms with Crippen molar-refractivity contribution in [1.29, 1.82) is 0 Å². The minimum Gasteiger partial charge on any atom is -0.0890 e. The predicted octanol–water partition coefficient (Wildman–Crippen LogP) is 7.25. The first-order valence-electron chi connectivity index (χ1n) is 7.09. The minimum absolute atomic E-state index is 0. The Labute approximate surface area is 113 Å². The molecule has 0 aliphatic carbocycles. The first-order chi connectivity index (χ1) is 7.49. The molecule has 0 amide bonds. The zero-order valence-electron chi connectivity index (χ0n) is 13.2. The van der Waals surface area contributed by atoms with E-state index in [9.17, 15) is 0 Å². The van der Waals surface area contributed by atoms with E-state index in [0.29, 0.717) is 0 Å². The van der Waals surface area contributed by atoms with Gasteiger partial charge in [-0.15, -0.1) is 0 Å². The van der Waals surface area contributed by atoms with Crippen LogP contribution >= 0.6 is 0 Å². The molecule has 0 unspecified atom stereocenters. The first kappa shape index (κ1) is 25.6. The summed E-state index contributed by atoms with van der Waals surface area (Å²) in [6.45, 7) is 17.3. The summed E-state index contributed by atoms with van der Waals surface area (Å²) >= 11 is 0. The summed E-state index contributed by atoms with van der Waals surface area (Å²) in [4.78, 5) is 0. The summed E-state index contributed by atoms with van der Waals surface area (Å²) in [5, 5.41) is 0. The van der Waals surface area contributed by atoms with Crippen LogP contribution in [0.5, 0.6) is 0 Å². The van der Waals surface area contributed by atoms with Crippen LogP contribution in [0.15, 0.2) is 11.6 Å². The Morgan fingerprint density at radius 3 is 1.29 bits per heavy atom. The molecule has 0 heteroatoms. The average molecular weight is 245 g/mol. The van der Waals surface area contributed by atoms with Gasteiger partial charge in [0, 0.05) is 0 Å². The van der Waals surface area contributed by atoms with E-state index in [-0.39, 0.29) is 7.43 Å².